The first-order chi connectivity index (χ1) is 16.8. The number of amides is 2. The number of hydrogen-bond acceptors (Lipinski definition) is 5. The van der Waals surface area contributed by atoms with Gasteiger partial charge in [-0.25, -0.2) is 0 Å². The van der Waals surface area contributed by atoms with Crippen LogP contribution in [0.2, 0.25) is 0 Å². The molecule has 35 heavy (non-hydrogen) atoms. The molecule has 1 atom stereocenters. The molecule has 2 amide bonds. The van der Waals surface area contributed by atoms with Crippen LogP contribution >= 0.6 is 0 Å². The van der Waals surface area contributed by atoms with E-state index in [9.17, 15) is 9.59 Å². The van der Waals surface area contributed by atoms with E-state index in [1.165, 1.54) is 5.69 Å². The first-order valence-electron chi connectivity index (χ1n) is 12.9. The van der Waals surface area contributed by atoms with E-state index in [1.54, 1.807) is 6.92 Å². The van der Waals surface area contributed by atoms with E-state index in [0.29, 0.717) is 31.3 Å². The van der Waals surface area contributed by atoms with Crippen LogP contribution in [-0.4, -0.2) is 47.4 Å². The maximum absolute atomic E-state index is 12.6. The number of carbonyl (C=O) groups is 2. The van der Waals surface area contributed by atoms with Gasteiger partial charge in [-0.2, -0.15) is 0 Å². The number of carbonyl (C=O) groups excluding carboxylic acids is 2. The smallest absolute Gasteiger partial charge is 0.222 e. The van der Waals surface area contributed by atoms with Crippen molar-refractivity contribution in [3.63, 3.8) is 0 Å². The van der Waals surface area contributed by atoms with Crippen molar-refractivity contribution < 1.29 is 9.59 Å². The van der Waals surface area contributed by atoms with Gasteiger partial charge in [0.15, 0.2) is 0 Å². The molecule has 3 rings (SSSR count). The van der Waals surface area contributed by atoms with Crippen LogP contribution in [-0.2, 0) is 16.1 Å². The Hall–Kier alpha value is -3.09. The summed E-state index contributed by atoms with van der Waals surface area (Å²) in [6.45, 7) is 9.53. The topological polar surface area (TPSA) is 91.6 Å². The Morgan fingerprint density at radius 1 is 1.09 bits per heavy atom. The highest BCUT2D eigenvalue weighted by molar-refractivity contribution is 5.79. The first-order valence-corrected chi connectivity index (χ1v) is 12.9. The van der Waals surface area contributed by atoms with Crippen LogP contribution < -0.4 is 16.0 Å². The van der Waals surface area contributed by atoms with Gasteiger partial charge in [-0.15, -0.1) is 0 Å². The van der Waals surface area contributed by atoms with Crippen LogP contribution in [0.3, 0.4) is 0 Å². The lowest BCUT2D eigenvalue weighted by Gasteiger charge is -2.40. The summed E-state index contributed by atoms with van der Waals surface area (Å²) >= 11 is 0. The van der Waals surface area contributed by atoms with Gasteiger partial charge >= 0.3 is 0 Å². The fourth-order valence-electron chi connectivity index (χ4n) is 4.45. The highest BCUT2D eigenvalue weighted by Gasteiger charge is 2.27. The number of rotatable bonds is 12. The number of pyridine rings is 1. The average molecular weight is 480 g/mol. The number of aromatic nitrogens is 1. The number of anilines is 2. The van der Waals surface area contributed by atoms with Gasteiger partial charge in [0.25, 0.3) is 0 Å². The number of nitrogens with two attached hydrogens (primary N) is 1. The second-order valence-corrected chi connectivity index (χ2v) is 10.1. The quantitative estimate of drug-likeness (QED) is 0.470. The minimum Gasteiger partial charge on any atom is -0.379 e. The molecule has 0 saturated carbocycles. The van der Waals surface area contributed by atoms with Crippen molar-refractivity contribution in [1.82, 2.24) is 9.88 Å². The molecule has 1 aliphatic rings. The SMILES string of the molecule is CC(C)CCN(c1ccc(NCc2ccccn2)cc1)C1CCN(C(=O)CCC(C)C(N)=O)CC1. The van der Waals surface area contributed by atoms with Crippen LogP contribution in [0.1, 0.15) is 58.6 Å². The van der Waals surface area contributed by atoms with Gasteiger partial charge in [0.1, 0.15) is 0 Å². The summed E-state index contributed by atoms with van der Waals surface area (Å²) in [5.74, 6) is 0.166. The van der Waals surface area contributed by atoms with E-state index in [-0.39, 0.29) is 17.7 Å². The summed E-state index contributed by atoms with van der Waals surface area (Å²) in [5, 5.41) is 3.45. The lowest BCUT2D eigenvalue weighted by atomic mass is 9.99. The number of primary amides is 1. The molecule has 1 unspecified atom stereocenters. The Labute approximate surface area is 210 Å². The molecule has 0 aliphatic carbocycles. The van der Waals surface area contributed by atoms with Crippen LogP contribution in [0.4, 0.5) is 11.4 Å². The fourth-order valence-corrected chi connectivity index (χ4v) is 4.45. The van der Waals surface area contributed by atoms with Gasteiger partial charge in [0.05, 0.1) is 12.2 Å². The maximum Gasteiger partial charge on any atom is 0.222 e. The Bertz CT molecular complexity index is 924. The lowest BCUT2D eigenvalue weighted by molar-refractivity contribution is -0.132. The number of benzene rings is 1. The molecule has 1 aliphatic heterocycles. The Morgan fingerprint density at radius 3 is 2.40 bits per heavy atom. The molecule has 1 aromatic heterocycles. The average Bonchev–Trinajstić information content (AvgIpc) is 2.87. The summed E-state index contributed by atoms with van der Waals surface area (Å²) in [6, 6.07) is 15.0. The zero-order valence-electron chi connectivity index (χ0n) is 21.5. The Kier molecular flexibility index (Phi) is 9.94. The molecule has 3 N–H and O–H groups in total. The maximum atomic E-state index is 12.6. The molecule has 0 spiro atoms. The van der Waals surface area contributed by atoms with Crippen LogP contribution in [0.5, 0.6) is 0 Å². The summed E-state index contributed by atoms with van der Waals surface area (Å²) in [7, 11) is 0. The van der Waals surface area contributed by atoms with Crippen molar-refractivity contribution in [2.75, 3.05) is 29.9 Å². The first kappa shape index (κ1) is 26.5. The van der Waals surface area contributed by atoms with Crippen LogP contribution in [0.25, 0.3) is 0 Å². The predicted octanol–water partition coefficient (Wildman–Crippen LogP) is 4.44. The van der Waals surface area contributed by atoms with Crippen molar-refractivity contribution in [2.24, 2.45) is 17.6 Å². The molecule has 1 aromatic carbocycles. The standard InChI is InChI=1S/C28H41N5O2/c1-21(2)13-19-33(25-10-8-23(9-11-25)31-20-24-6-4-5-16-30-24)26-14-17-32(18-15-26)27(34)12-7-22(3)28(29)35/h4-6,8-11,16,21-22,26,31H,7,12-15,17-20H2,1-3H3,(H2,29,35). The third kappa shape index (κ3) is 8.26. The highest BCUT2D eigenvalue weighted by atomic mass is 16.2. The third-order valence-corrected chi connectivity index (χ3v) is 6.88. The molecule has 0 bridgehead atoms. The molecule has 190 valence electrons. The summed E-state index contributed by atoms with van der Waals surface area (Å²) in [4.78, 5) is 32.7. The zero-order valence-corrected chi connectivity index (χ0v) is 21.5. The van der Waals surface area contributed by atoms with Gasteiger partial charge in [0.2, 0.25) is 11.8 Å². The second kappa shape index (κ2) is 13.1. The number of nitrogens with zero attached hydrogens (tertiary/aromatic N) is 3. The molecule has 7 heteroatoms. The van der Waals surface area contributed by atoms with Crippen LogP contribution in [0, 0.1) is 11.8 Å². The highest BCUT2D eigenvalue weighted by Crippen LogP contribution is 2.27. The van der Waals surface area contributed by atoms with E-state index < -0.39 is 0 Å². The molecule has 7 nitrogen and oxygen atoms in total. The number of nitrogens with one attached hydrogen (secondary N) is 1. The van der Waals surface area contributed by atoms with Gasteiger partial charge < -0.3 is 20.9 Å². The molecular weight excluding hydrogens is 438 g/mol. The van der Waals surface area contributed by atoms with Gasteiger partial charge in [-0.05, 0) is 68.0 Å². The number of likely N-dealkylation sites (tertiary alicyclic amines) is 1. The van der Waals surface area contributed by atoms with E-state index in [2.05, 4.69) is 53.3 Å². The van der Waals surface area contributed by atoms with Gasteiger partial charge in [-0.3, -0.25) is 14.6 Å². The van der Waals surface area contributed by atoms with Crippen molar-refractivity contribution in [2.45, 2.75) is 65.5 Å². The minimum atomic E-state index is -0.338. The van der Waals surface area contributed by atoms with E-state index in [0.717, 1.165) is 50.3 Å². The lowest BCUT2D eigenvalue weighted by Crippen LogP contribution is -2.47. The molecule has 2 aromatic rings. The summed E-state index contributed by atoms with van der Waals surface area (Å²) in [6.07, 6.45) is 5.76. The molecule has 2 heterocycles. The van der Waals surface area contributed by atoms with Crippen molar-refractivity contribution >= 4 is 23.2 Å². The number of piperidine rings is 1. The van der Waals surface area contributed by atoms with Crippen LogP contribution in [0.15, 0.2) is 48.7 Å². The van der Waals surface area contributed by atoms with Gasteiger partial charge in [-0.1, -0.05) is 26.8 Å². The van der Waals surface area contributed by atoms with E-state index in [4.69, 9.17) is 5.73 Å². The van der Waals surface area contributed by atoms with Gasteiger partial charge in [0, 0.05) is 55.6 Å². The fraction of sp³-hybridized carbons (Fsp3) is 0.536. The Balaban J connectivity index is 1.57. The molecule has 1 fully saturated rings. The second-order valence-electron chi connectivity index (χ2n) is 10.1. The number of hydrogen-bond donors (Lipinski definition) is 2. The largest absolute Gasteiger partial charge is 0.379 e. The summed E-state index contributed by atoms with van der Waals surface area (Å²) < 4.78 is 0. The normalized spacial score (nSPS) is 15.1. The van der Waals surface area contributed by atoms with E-state index >= 15 is 0 Å². The molecule has 1 saturated heterocycles. The third-order valence-electron chi connectivity index (χ3n) is 6.88. The minimum absolute atomic E-state index is 0.133. The zero-order chi connectivity index (χ0) is 25.2. The Morgan fingerprint density at radius 2 is 1.80 bits per heavy atom. The van der Waals surface area contributed by atoms with Crippen molar-refractivity contribution in [3.8, 4) is 0 Å². The predicted molar refractivity (Wildman–Crippen MR) is 142 cm³/mol. The molecule has 0 radical (unpaired) electrons. The monoisotopic (exact) mass is 479 g/mol. The van der Waals surface area contributed by atoms with E-state index in [1.807, 2.05) is 29.3 Å². The van der Waals surface area contributed by atoms with Crippen molar-refractivity contribution in [3.05, 3.63) is 54.4 Å². The van der Waals surface area contributed by atoms with Crippen molar-refractivity contribution in [1.29, 1.82) is 0 Å². The summed E-state index contributed by atoms with van der Waals surface area (Å²) in [5.41, 5.74) is 8.66. The molecular formula is C28H41N5O2.